The number of halogens is 1. The Kier molecular flexibility index (Phi) is 3.93. The number of carboxylic acids is 1. The van der Waals surface area contributed by atoms with Crippen molar-refractivity contribution in [2.24, 2.45) is 5.41 Å². The van der Waals surface area contributed by atoms with Gasteiger partial charge in [0.25, 0.3) is 0 Å². The molecule has 8 heteroatoms. The Morgan fingerprint density at radius 2 is 2.20 bits per heavy atom. The summed E-state index contributed by atoms with van der Waals surface area (Å²) in [5.41, 5.74) is -0.322. The van der Waals surface area contributed by atoms with E-state index in [1.165, 1.54) is 18.5 Å². The average Bonchev–Trinajstić information content (AvgIpc) is 3.05. The van der Waals surface area contributed by atoms with E-state index in [1.54, 1.807) is 0 Å². The molecule has 0 radical (unpaired) electrons. The first-order valence-corrected chi connectivity index (χ1v) is 8.45. The van der Waals surface area contributed by atoms with E-state index in [0.29, 0.717) is 6.54 Å². The van der Waals surface area contributed by atoms with Gasteiger partial charge in [0.2, 0.25) is 0 Å². The van der Waals surface area contributed by atoms with Crippen LogP contribution in [0.15, 0.2) is 12.3 Å². The van der Waals surface area contributed by atoms with Crippen molar-refractivity contribution in [3.8, 4) is 0 Å². The van der Waals surface area contributed by atoms with Crippen LogP contribution in [0.4, 0.5) is 5.82 Å². The number of hydrogen-bond donors (Lipinski definition) is 2. The molecular weight excluding hydrogens is 304 g/mol. The van der Waals surface area contributed by atoms with Crippen LogP contribution in [0.5, 0.6) is 0 Å². The van der Waals surface area contributed by atoms with Crippen molar-refractivity contribution in [1.82, 2.24) is 4.98 Å². The number of nitrogens with zero attached hydrogens (tertiary/aromatic N) is 1. The van der Waals surface area contributed by atoms with Crippen molar-refractivity contribution in [3.63, 3.8) is 0 Å². The predicted molar refractivity (Wildman–Crippen MR) is 76.1 cm³/mol. The zero-order valence-electron chi connectivity index (χ0n) is 10.9. The standard InChI is InChI=1S/C12H15ClN2O4S/c1-20(18,19)7-12(2-3-12)6-15-10-9(11(16)17)4-8(13)5-14-10/h4-5H,2-3,6-7H2,1H3,(H,14,15)(H,16,17). The predicted octanol–water partition coefficient (Wildman–Crippen LogP) is 1.67. The largest absolute Gasteiger partial charge is 0.478 e. The molecule has 20 heavy (non-hydrogen) atoms. The molecule has 1 aliphatic carbocycles. The van der Waals surface area contributed by atoms with Crippen LogP contribution in [0.1, 0.15) is 23.2 Å². The van der Waals surface area contributed by atoms with Crippen molar-refractivity contribution in [1.29, 1.82) is 0 Å². The second-order valence-electron chi connectivity index (χ2n) is 5.28. The topological polar surface area (TPSA) is 96.4 Å². The van der Waals surface area contributed by atoms with E-state index in [4.69, 9.17) is 16.7 Å². The van der Waals surface area contributed by atoms with Crippen molar-refractivity contribution in [2.75, 3.05) is 23.9 Å². The molecule has 0 atom stereocenters. The Bertz CT molecular complexity index is 641. The van der Waals surface area contributed by atoms with E-state index in [2.05, 4.69) is 10.3 Å². The SMILES string of the molecule is CS(=O)(=O)CC1(CNc2ncc(Cl)cc2C(=O)O)CC1. The normalized spacial score (nSPS) is 16.7. The molecule has 0 bridgehead atoms. The van der Waals surface area contributed by atoms with Gasteiger partial charge in [-0.2, -0.15) is 0 Å². The van der Waals surface area contributed by atoms with E-state index >= 15 is 0 Å². The fourth-order valence-corrected chi connectivity index (χ4v) is 3.78. The Labute approximate surface area is 122 Å². The Morgan fingerprint density at radius 1 is 1.55 bits per heavy atom. The van der Waals surface area contributed by atoms with Crippen molar-refractivity contribution in [3.05, 3.63) is 22.8 Å². The molecule has 1 heterocycles. The summed E-state index contributed by atoms with van der Waals surface area (Å²) in [6, 6.07) is 1.31. The first-order chi connectivity index (χ1) is 9.21. The summed E-state index contributed by atoms with van der Waals surface area (Å²) in [5, 5.41) is 12.3. The molecule has 0 spiro atoms. The first-order valence-electron chi connectivity index (χ1n) is 6.01. The van der Waals surface area contributed by atoms with Crippen molar-refractivity contribution < 1.29 is 18.3 Å². The lowest BCUT2D eigenvalue weighted by molar-refractivity contribution is 0.0697. The molecule has 2 rings (SSSR count). The van der Waals surface area contributed by atoms with Gasteiger partial charge in [-0.1, -0.05) is 11.6 Å². The van der Waals surface area contributed by atoms with Crippen LogP contribution in [0.3, 0.4) is 0 Å². The minimum absolute atomic E-state index is 0.0207. The van der Waals surface area contributed by atoms with Gasteiger partial charge in [0.15, 0.2) is 0 Å². The summed E-state index contributed by atoms with van der Waals surface area (Å²) in [6.45, 7) is 0.384. The molecule has 0 aromatic carbocycles. The maximum atomic E-state index is 11.4. The summed E-state index contributed by atoms with van der Waals surface area (Å²) in [6.07, 6.45) is 4.18. The maximum absolute atomic E-state index is 11.4. The minimum atomic E-state index is -3.05. The molecule has 2 N–H and O–H groups in total. The third-order valence-corrected chi connectivity index (χ3v) is 4.58. The van der Waals surface area contributed by atoms with Crippen molar-refractivity contribution >= 4 is 33.2 Å². The first kappa shape index (κ1) is 15.1. The summed E-state index contributed by atoms with van der Waals surface area (Å²) < 4.78 is 22.7. The summed E-state index contributed by atoms with van der Waals surface area (Å²) in [4.78, 5) is 15.1. The van der Waals surface area contributed by atoms with Crippen LogP contribution in [-0.2, 0) is 9.84 Å². The quantitative estimate of drug-likeness (QED) is 0.828. The lowest BCUT2D eigenvalue weighted by atomic mass is 10.1. The molecule has 1 fully saturated rings. The number of aromatic carboxylic acids is 1. The highest BCUT2D eigenvalue weighted by atomic mass is 35.5. The van der Waals surface area contributed by atoms with E-state index in [-0.39, 0.29) is 27.6 Å². The molecule has 0 unspecified atom stereocenters. The Hall–Kier alpha value is -1.34. The number of rotatable bonds is 6. The number of hydrogen-bond acceptors (Lipinski definition) is 5. The van der Waals surface area contributed by atoms with Crippen LogP contribution in [0, 0.1) is 5.41 Å². The van der Waals surface area contributed by atoms with E-state index in [1.807, 2.05) is 0 Å². The number of nitrogens with one attached hydrogen (secondary N) is 1. The lowest BCUT2D eigenvalue weighted by Crippen LogP contribution is -2.25. The third-order valence-electron chi connectivity index (χ3n) is 3.24. The van der Waals surface area contributed by atoms with Gasteiger partial charge >= 0.3 is 5.97 Å². The molecule has 0 aliphatic heterocycles. The summed E-state index contributed by atoms with van der Waals surface area (Å²) in [5.74, 6) is -0.819. The van der Waals surface area contributed by atoms with Gasteiger partial charge in [-0.05, 0) is 18.9 Å². The molecule has 1 aliphatic rings. The maximum Gasteiger partial charge on any atom is 0.339 e. The Balaban J connectivity index is 2.10. The van der Waals surface area contributed by atoms with Crippen LogP contribution in [0.2, 0.25) is 5.02 Å². The smallest absolute Gasteiger partial charge is 0.339 e. The molecule has 1 aromatic rings. The number of aromatic nitrogens is 1. The Morgan fingerprint density at radius 3 is 2.70 bits per heavy atom. The number of carbonyl (C=O) groups is 1. The highest BCUT2D eigenvalue weighted by molar-refractivity contribution is 7.90. The van der Waals surface area contributed by atoms with Crippen LogP contribution < -0.4 is 5.32 Å². The van der Waals surface area contributed by atoms with Gasteiger partial charge in [-0.3, -0.25) is 0 Å². The number of carboxylic acid groups (broad SMARTS) is 1. The number of pyridine rings is 1. The molecule has 0 saturated heterocycles. The molecule has 1 saturated carbocycles. The average molecular weight is 319 g/mol. The highest BCUT2D eigenvalue weighted by Crippen LogP contribution is 2.46. The number of sulfone groups is 1. The van der Waals surface area contributed by atoms with Gasteiger partial charge in [0, 0.05) is 24.4 Å². The van der Waals surface area contributed by atoms with Gasteiger partial charge in [0.1, 0.15) is 21.2 Å². The second kappa shape index (κ2) is 5.21. The molecular formula is C12H15ClN2O4S. The zero-order valence-corrected chi connectivity index (χ0v) is 12.5. The molecule has 110 valence electrons. The van der Waals surface area contributed by atoms with Gasteiger partial charge < -0.3 is 10.4 Å². The van der Waals surface area contributed by atoms with Crippen LogP contribution in [0.25, 0.3) is 0 Å². The zero-order chi connectivity index (χ0) is 15.0. The van der Waals surface area contributed by atoms with Crippen LogP contribution >= 0.6 is 11.6 Å². The minimum Gasteiger partial charge on any atom is -0.478 e. The monoisotopic (exact) mass is 318 g/mol. The third kappa shape index (κ3) is 3.83. The van der Waals surface area contributed by atoms with Crippen molar-refractivity contribution in [2.45, 2.75) is 12.8 Å². The summed E-state index contributed by atoms with van der Waals surface area (Å²) >= 11 is 5.72. The summed E-state index contributed by atoms with van der Waals surface area (Å²) in [7, 11) is -3.05. The van der Waals surface area contributed by atoms with Crippen LogP contribution in [-0.4, -0.2) is 43.0 Å². The fraction of sp³-hybridized carbons (Fsp3) is 0.500. The molecule has 1 aromatic heterocycles. The molecule has 0 amide bonds. The fourth-order valence-electron chi connectivity index (χ4n) is 2.12. The lowest BCUT2D eigenvalue weighted by Gasteiger charge is -2.16. The van der Waals surface area contributed by atoms with E-state index in [9.17, 15) is 13.2 Å². The van der Waals surface area contributed by atoms with Gasteiger partial charge in [-0.25, -0.2) is 18.2 Å². The highest BCUT2D eigenvalue weighted by Gasteiger charge is 2.45. The van der Waals surface area contributed by atoms with Gasteiger partial charge in [0.05, 0.1) is 10.8 Å². The van der Waals surface area contributed by atoms with E-state index < -0.39 is 15.8 Å². The molecule has 6 nitrogen and oxygen atoms in total. The van der Waals surface area contributed by atoms with Gasteiger partial charge in [-0.15, -0.1) is 0 Å². The number of anilines is 1. The second-order valence-corrected chi connectivity index (χ2v) is 7.86. The van der Waals surface area contributed by atoms with E-state index in [0.717, 1.165) is 12.8 Å².